The molecule has 4 heteroatoms. The van der Waals surface area contributed by atoms with Gasteiger partial charge >= 0.3 is 0 Å². The summed E-state index contributed by atoms with van der Waals surface area (Å²) in [6, 6.07) is 4.11. The van der Waals surface area contributed by atoms with E-state index >= 15 is 0 Å². The summed E-state index contributed by atoms with van der Waals surface area (Å²) >= 11 is 0. The Morgan fingerprint density at radius 2 is 2.44 bits per heavy atom. The number of hydrogen-bond donors (Lipinski definition) is 2. The summed E-state index contributed by atoms with van der Waals surface area (Å²) in [5.41, 5.74) is 1.26. The lowest BCUT2D eigenvalue weighted by atomic mass is 10.00. The fourth-order valence-electron chi connectivity index (χ4n) is 1.98. The van der Waals surface area contributed by atoms with E-state index in [1.807, 2.05) is 12.3 Å². The predicted octanol–water partition coefficient (Wildman–Crippen LogP) is 2.22. The van der Waals surface area contributed by atoms with Crippen LogP contribution in [-0.4, -0.2) is 24.6 Å². The second kappa shape index (κ2) is 6.71. The average Bonchev–Trinajstić information content (AvgIpc) is 2.28. The van der Waals surface area contributed by atoms with E-state index in [1.54, 1.807) is 0 Å². The van der Waals surface area contributed by atoms with Crippen molar-refractivity contribution >= 4 is 18.2 Å². The number of halogens is 1. The van der Waals surface area contributed by atoms with Crippen molar-refractivity contribution in [2.45, 2.75) is 19.8 Å². The summed E-state index contributed by atoms with van der Waals surface area (Å²) < 4.78 is 0. The first-order valence-electron chi connectivity index (χ1n) is 5.72. The molecule has 1 aromatic heterocycles. The third kappa shape index (κ3) is 3.99. The highest BCUT2D eigenvalue weighted by Crippen LogP contribution is 2.11. The smallest absolute Gasteiger partial charge is 0.126 e. The van der Waals surface area contributed by atoms with E-state index in [1.165, 1.54) is 24.9 Å². The Morgan fingerprint density at radius 1 is 1.56 bits per heavy atom. The van der Waals surface area contributed by atoms with E-state index in [2.05, 4.69) is 28.6 Å². The lowest BCUT2D eigenvalue weighted by Crippen LogP contribution is -2.33. The molecule has 1 saturated heterocycles. The minimum Gasteiger partial charge on any atom is -0.370 e. The Labute approximate surface area is 103 Å². The van der Waals surface area contributed by atoms with Crippen molar-refractivity contribution < 1.29 is 0 Å². The molecule has 0 radical (unpaired) electrons. The van der Waals surface area contributed by atoms with E-state index in [4.69, 9.17) is 0 Å². The molecule has 90 valence electrons. The molecule has 1 unspecified atom stereocenters. The van der Waals surface area contributed by atoms with Gasteiger partial charge in [0, 0.05) is 12.7 Å². The lowest BCUT2D eigenvalue weighted by molar-refractivity contribution is 0.392. The predicted molar refractivity (Wildman–Crippen MR) is 70.3 cm³/mol. The molecule has 1 aromatic rings. The van der Waals surface area contributed by atoms with Gasteiger partial charge in [-0.3, -0.25) is 0 Å². The van der Waals surface area contributed by atoms with E-state index in [0.717, 1.165) is 24.8 Å². The molecular weight excluding hydrogens is 222 g/mol. The van der Waals surface area contributed by atoms with Gasteiger partial charge in [0.1, 0.15) is 5.82 Å². The summed E-state index contributed by atoms with van der Waals surface area (Å²) in [4.78, 5) is 4.29. The van der Waals surface area contributed by atoms with Gasteiger partial charge in [0.25, 0.3) is 0 Å². The van der Waals surface area contributed by atoms with Crippen LogP contribution < -0.4 is 10.6 Å². The molecule has 16 heavy (non-hydrogen) atoms. The monoisotopic (exact) mass is 241 g/mol. The fraction of sp³-hybridized carbons (Fsp3) is 0.583. The zero-order chi connectivity index (χ0) is 10.5. The van der Waals surface area contributed by atoms with Crippen molar-refractivity contribution in [2.24, 2.45) is 5.92 Å². The molecule has 2 heterocycles. The zero-order valence-electron chi connectivity index (χ0n) is 9.70. The Bertz CT molecular complexity index is 311. The topological polar surface area (TPSA) is 37.0 Å². The van der Waals surface area contributed by atoms with Gasteiger partial charge in [0.2, 0.25) is 0 Å². The van der Waals surface area contributed by atoms with Crippen LogP contribution in [-0.2, 0) is 0 Å². The maximum Gasteiger partial charge on any atom is 0.126 e. The summed E-state index contributed by atoms with van der Waals surface area (Å²) in [5.74, 6) is 1.75. The normalized spacial score (nSPS) is 19.9. The van der Waals surface area contributed by atoms with Crippen molar-refractivity contribution in [2.75, 3.05) is 25.0 Å². The number of pyridine rings is 1. The van der Waals surface area contributed by atoms with E-state index in [9.17, 15) is 0 Å². The molecule has 0 saturated carbocycles. The van der Waals surface area contributed by atoms with E-state index < -0.39 is 0 Å². The van der Waals surface area contributed by atoms with Gasteiger partial charge in [-0.2, -0.15) is 0 Å². The van der Waals surface area contributed by atoms with Crippen LogP contribution >= 0.6 is 12.4 Å². The first-order chi connectivity index (χ1) is 7.34. The van der Waals surface area contributed by atoms with Crippen LogP contribution in [0.2, 0.25) is 0 Å². The van der Waals surface area contributed by atoms with Crippen molar-refractivity contribution in [3.05, 3.63) is 23.9 Å². The highest BCUT2D eigenvalue weighted by molar-refractivity contribution is 5.85. The molecule has 3 nitrogen and oxygen atoms in total. The van der Waals surface area contributed by atoms with Crippen LogP contribution in [0.15, 0.2) is 18.3 Å². The summed E-state index contributed by atoms with van der Waals surface area (Å²) in [7, 11) is 0. The molecule has 1 fully saturated rings. The van der Waals surface area contributed by atoms with Gasteiger partial charge in [-0.25, -0.2) is 4.98 Å². The SMILES string of the molecule is Cc1ccnc(NCC2CCCNC2)c1.Cl. The molecule has 0 bridgehead atoms. The van der Waals surface area contributed by atoms with Crippen molar-refractivity contribution in [1.82, 2.24) is 10.3 Å². The fourth-order valence-corrected chi connectivity index (χ4v) is 1.98. The second-order valence-electron chi connectivity index (χ2n) is 4.31. The average molecular weight is 242 g/mol. The Balaban J connectivity index is 0.00000128. The Kier molecular flexibility index (Phi) is 5.56. The number of aryl methyl sites for hydroxylation is 1. The Morgan fingerprint density at radius 3 is 3.12 bits per heavy atom. The van der Waals surface area contributed by atoms with E-state index in [0.29, 0.717) is 0 Å². The van der Waals surface area contributed by atoms with Crippen LogP contribution in [0.1, 0.15) is 18.4 Å². The first kappa shape index (κ1) is 13.3. The number of nitrogens with zero attached hydrogens (tertiary/aromatic N) is 1. The van der Waals surface area contributed by atoms with Crippen LogP contribution in [0.3, 0.4) is 0 Å². The molecule has 1 atom stereocenters. The number of piperidine rings is 1. The third-order valence-electron chi connectivity index (χ3n) is 2.89. The number of rotatable bonds is 3. The molecule has 0 aromatic carbocycles. The van der Waals surface area contributed by atoms with Crippen LogP contribution in [0, 0.1) is 12.8 Å². The standard InChI is InChI=1S/C12H19N3.ClH/c1-10-4-6-14-12(7-10)15-9-11-3-2-5-13-8-11;/h4,6-7,11,13H,2-3,5,8-9H2,1H3,(H,14,15);1H. The van der Waals surface area contributed by atoms with Gasteiger partial charge in [-0.1, -0.05) is 0 Å². The highest BCUT2D eigenvalue weighted by Gasteiger charge is 2.12. The molecular formula is C12H20ClN3. The van der Waals surface area contributed by atoms with Crippen LogP contribution in [0.25, 0.3) is 0 Å². The molecule has 2 N–H and O–H groups in total. The van der Waals surface area contributed by atoms with Crippen LogP contribution in [0.5, 0.6) is 0 Å². The van der Waals surface area contributed by atoms with Crippen molar-refractivity contribution in [3.63, 3.8) is 0 Å². The quantitative estimate of drug-likeness (QED) is 0.852. The molecule has 1 aliphatic rings. The van der Waals surface area contributed by atoms with Gasteiger partial charge in [0.05, 0.1) is 0 Å². The Hall–Kier alpha value is -0.800. The zero-order valence-corrected chi connectivity index (χ0v) is 10.5. The molecule has 1 aliphatic heterocycles. The number of hydrogen-bond acceptors (Lipinski definition) is 3. The number of anilines is 1. The minimum atomic E-state index is 0. The number of aromatic nitrogens is 1. The van der Waals surface area contributed by atoms with Crippen molar-refractivity contribution in [1.29, 1.82) is 0 Å². The molecule has 0 spiro atoms. The highest BCUT2D eigenvalue weighted by atomic mass is 35.5. The van der Waals surface area contributed by atoms with Crippen molar-refractivity contribution in [3.8, 4) is 0 Å². The molecule has 0 amide bonds. The summed E-state index contributed by atoms with van der Waals surface area (Å²) in [6.45, 7) is 5.44. The lowest BCUT2D eigenvalue weighted by Gasteiger charge is -2.23. The van der Waals surface area contributed by atoms with Gasteiger partial charge in [0.15, 0.2) is 0 Å². The van der Waals surface area contributed by atoms with Gasteiger partial charge < -0.3 is 10.6 Å². The number of nitrogens with one attached hydrogen (secondary N) is 2. The minimum absolute atomic E-state index is 0. The second-order valence-corrected chi connectivity index (χ2v) is 4.31. The van der Waals surface area contributed by atoms with Gasteiger partial charge in [-0.05, 0) is 56.5 Å². The van der Waals surface area contributed by atoms with E-state index in [-0.39, 0.29) is 12.4 Å². The molecule has 0 aliphatic carbocycles. The van der Waals surface area contributed by atoms with Gasteiger partial charge in [-0.15, -0.1) is 12.4 Å². The maximum atomic E-state index is 4.29. The molecule has 2 rings (SSSR count). The maximum absolute atomic E-state index is 4.29. The third-order valence-corrected chi connectivity index (χ3v) is 2.89. The first-order valence-corrected chi connectivity index (χ1v) is 5.72. The van der Waals surface area contributed by atoms with Crippen LogP contribution in [0.4, 0.5) is 5.82 Å². The summed E-state index contributed by atoms with van der Waals surface area (Å²) in [5, 5.41) is 6.83. The largest absolute Gasteiger partial charge is 0.370 e. The summed E-state index contributed by atoms with van der Waals surface area (Å²) in [6.07, 6.45) is 4.48.